The van der Waals surface area contributed by atoms with Crippen LogP contribution in [0.3, 0.4) is 0 Å². The Labute approximate surface area is 108 Å². The molecule has 0 aliphatic rings. The fourth-order valence-electron chi connectivity index (χ4n) is 1.10. The van der Waals surface area contributed by atoms with Crippen molar-refractivity contribution in [3.05, 3.63) is 46.8 Å². The summed E-state index contributed by atoms with van der Waals surface area (Å²) >= 11 is 6.67. The summed E-state index contributed by atoms with van der Waals surface area (Å²) in [7, 11) is 0. The molecule has 0 radical (unpaired) electrons. The Bertz CT molecular complexity index is 493. The van der Waals surface area contributed by atoms with Crippen LogP contribution in [0, 0.1) is 0 Å². The summed E-state index contributed by atoms with van der Waals surface area (Å²) in [4.78, 5) is 5.16. The smallest absolute Gasteiger partial charge is 0.192 e. The number of anilines is 1. The fraction of sp³-hybridized carbons (Fsp3) is 0. The Kier molecular flexibility index (Phi) is 4.17. The van der Waals surface area contributed by atoms with Crippen LogP contribution in [0.15, 0.2) is 47.0 Å². The van der Waals surface area contributed by atoms with Gasteiger partial charge in [0.15, 0.2) is 5.11 Å². The minimum absolute atomic E-state index is 0.413. The maximum atomic E-state index is 5.06. The maximum absolute atomic E-state index is 5.06. The van der Waals surface area contributed by atoms with E-state index in [2.05, 4.69) is 20.8 Å². The van der Waals surface area contributed by atoms with Crippen LogP contribution >= 0.6 is 23.6 Å². The standard InChI is InChI=1S/C11H10N4S2/c16-11(14-10-5-1-2-6-12-10)15-13-8-9-4-3-7-17-9/h1-8H,(H2,12,14,15,16). The summed E-state index contributed by atoms with van der Waals surface area (Å²) < 4.78 is 0. The van der Waals surface area contributed by atoms with E-state index in [0.717, 1.165) is 4.88 Å². The van der Waals surface area contributed by atoms with Crippen molar-refractivity contribution < 1.29 is 0 Å². The number of hydrogen-bond acceptors (Lipinski definition) is 4. The normalized spacial score (nSPS) is 10.4. The van der Waals surface area contributed by atoms with Gasteiger partial charge in [0.1, 0.15) is 5.82 Å². The Morgan fingerprint density at radius 3 is 3.00 bits per heavy atom. The minimum atomic E-state index is 0.413. The highest BCUT2D eigenvalue weighted by atomic mass is 32.1. The predicted molar refractivity (Wildman–Crippen MR) is 75.5 cm³/mol. The zero-order chi connectivity index (χ0) is 11.9. The number of rotatable bonds is 3. The van der Waals surface area contributed by atoms with Gasteiger partial charge in [-0.3, -0.25) is 5.43 Å². The van der Waals surface area contributed by atoms with Gasteiger partial charge in [-0.25, -0.2) is 4.98 Å². The third kappa shape index (κ3) is 3.93. The Balaban J connectivity index is 1.82. The van der Waals surface area contributed by atoms with Gasteiger partial charge in [0.05, 0.1) is 6.21 Å². The highest BCUT2D eigenvalue weighted by Crippen LogP contribution is 2.04. The van der Waals surface area contributed by atoms with E-state index in [-0.39, 0.29) is 0 Å². The van der Waals surface area contributed by atoms with E-state index >= 15 is 0 Å². The van der Waals surface area contributed by atoms with Crippen LogP contribution in [0.4, 0.5) is 5.82 Å². The molecule has 0 aliphatic heterocycles. The van der Waals surface area contributed by atoms with Gasteiger partial charge in [-0.05, 0) is 35.8 Å². The molecular weight excluding hydrogens is 252 g/mol. The number of pyridine rings is 1. The van der Waals surface area contributed by atoms with Gasteiger partial charge in [0.2, 0.25) is 0 Å². The summed E-state index contributed by atoms with van der Waals surface area (Å²) in [5, 5.41) is 9.34. The average Bonchev–Trinajstić information content (AvgIpc) is 2.83. The van der Waals surface area contributed by atoms with Gasteiger partial charge in [0, 0.05) is 11.1 Å². The molecule has 4 nitrogen and oxygen atoms in total. The third-order valence-corrected chi connectivity index (χ3v) is 2.81. The average molecular weight is 262 g/mol. The van der Waals surface area contributed by atoms with E-state index in [9.17, 15) is 0 Å². The topological polar surface area (TPSA) is 49.3 Å². The molecule has 0 aromatic carbocycles. The van der Waals surface area contributed by atoms with Crippen molar-refractivity contribution in [3.8, 4) is 0 Å². The van der Waals surface area contributed by atoms with Crippen molar-refractivity contribution >= 4 is 40.7 Å². The minimum Gasteiger partial charge on any atom is -0.316 e. The van der Waals surface area contributed by atoms with Gasteiger partial charge in [-0.15, -0.1) is 11.3 Å². The highest BCUT2D eigenvalue weighted by Gasteiger charge is 1.95. The van der Waals surface area contributed by atoms with Crippen molar-refractivity contribution in [2.24, 2.45) is 5.10 Å². The SMILES string of the molecule is S=C(NN=Cc1cccs1)Nc1ccccn1. The molecule has 2 aromatic heterocycles. The van der Waals surface area contributed by atoms with Gasteiger partial charge >= 0.3 is 0 Å². The molecule has 0 bridgehead atoms. The molecule has 2 N–H and O–H groups in total. The van der Waals surface area contributed by atoms with Gasteiger partial charge < -0.3 is 5.32 Å². The van der Waals surface area contributed by atoms with Crippen LogP contribution in [0.1, 0.15) is 4.88 Å². The summed E-state index contributed by atoms with van der Waals surface area (Å²) in [6.45, 7) is 0. The molecule has 0 saturated heterocycles. The molecule has 0 atom stereocenters. The summed E-state index contributed by atoms with van der Waals surface area (Å²) in [5.41, 5.74) is 2.73. The summed E-state index contributed by atoms with van der Waals surface area (Å²) in [6.07, 6.45) is 3.41. The quantitative estimate of drug-likeness (QED) is 0.507. The molecule has 0 saturated carbocycles. The van der Waals surface area contributed by atoms with Crippen LogP contribution in [0.5, 0.6) is 0 Å². The zero-order valence-electron chi connectivity index (χ0n) is 8.83. The number of nitrogens with zero attached hydrogens (tertiary/aromatic N) is 2. The fourth-order valence-corrected chi connectivity index (χ4v) is 1.84. The molecule has 0 aliphatic carbocycles. The zero-order valence-corrected chi connectivity index (χ0v) is 10.5. The first-order valence-electron chi connectivity index (χ1n) is 4.89. The molecule has 2 heterocycles. The van der Waals surface area contributed by atoms with E-state index in [1.54, 1.807) is 23.7 Å². The Morgan fingerprint density at radius 1 is 1.35 bits per heavy atom. The molecule has 6 heteroatoms. The number of thiophene rings is 1. The molecule has 0 spiro atoms. The number of nitrogens with one attached hydrogen (secondary N) is 2. The van der Waals surface area contributed by atoms with E-state index in [1.807, 2.05) is 35.7 Å². The second-order valence-corrected chi connectivity index (χ2v) is 4.44. The van der Waals surface area contributed by atoms with Crippen LogP contribution in [0.25, 0.3) is 0 Å². The molecule has 0 unspecified atom stereocenters. The summed E-state index contributed by atoms with van der Waals surface area (Å²) in [6, 6.07) is 9.50. The van der Waals surface area contributed by atoms with Crippen LogP contribution in [-0.2, 0) is 0 Å². The Morgan fingerprint density at radius 2 is 2.29 bits per heavy atom. The molecule has 0 fully saturated rings. The largest absolute Gasteiger partial charge is 0.316 e. The molecule has 2 rings (SSSR count). The predicted octanol–water partition coefficient (Wildman–Crippen LogP) is 2.46. The van der Waals surface area contributed by atoms with Gasteiger partial charge in [-0.1, -0.05) is 12.1 Å². The van der Waals surface area contributed by atoms with Crippen LogP contribution in [-0.4, -0.2) is 16.3 Å². The lowest BCUT2D eigenvalue weighted by atomic mass is 10.5. The molecule has 86 valence electrons. The first kappa shape index (κ1) is 11.7. The first-order chi connectivity index (χ1) is 8.34. The van der Waals surface area contributed by atoms with E-state index in [4.69, 9.17) is 12.2 Å². The lowest BCUT2D eigenvalue weighted by Crippen LogP contribution is -2.24. The van der Waals surface area contributed by atoms with Crippen molar-refractivity contribution in [2.75, 3.05) is 5.32 Å². The number of hydrogen-bond donors (Lipinski definition) is 2. The highest BCUT2D eigenvalue weighted by molar-refractivity contribution is 7.80. The van der Waals surface area contributed by atoms with Crippen molar-refractivity contribution in [2.45, 2.75) is 0 Å². The molecule has 2 aromatic rings. The van der Waals surface area contributed by atoms with Crippen molar-refractivity contribution in [3.63, 3.8) is 0 Å². The van der Waals surface area contributed by atoms with E-state index < -0.39 is 0 Å². The molecule has 17 heavy (non-hydrogen) atoms. The van der Waals surface area contributed by atoms with Crippen LogP contribution < -0.4 is 10.7 Å². The number of thiocarbonyl (C=S) groups is 1. The molecular formula is C11H10N4S2. The van der Waals surface area contributed by atoms with E-state index in [0.29, 0.717) is 10.9 Å². The number of aromatic nitrogens is 1. The molecule has 0 amide bonds. The lowest BCUT2D eigenvalue weighted by molar-refractivity contribution is 1.05. The van der Waals surface area contributed by atoms with Crippen molar-refractivity contribution in [1.29, 1.82) is 0 Å². The Hall–Kier alpha value is -1.79. The van der Waals surface area contributed by atoms with Gasteiger partial charge in [-0.2, -0.15) is 5.10 Å². The van der Waals surface area contributed by atoms with E-state index in [1.165, 1.54) is 0 Å². The number of hydrazone groups is 1. The van der Waals surface area contributed by atoms with Gasteiger partial charge in [0.25, 0.3) is 0 Å². The first-order valence-corrected chi connectivity index (χ1v) is 6.18. The van der Waals surface area contributed by atoms with Crippen LogP contribution in [0.2, 0.25) is 0 Å². The third-order valence-electron chi connectivity index (χ3n) is 1.81. The monoisotopic (exact) mass is 262 g/mol. The second kappa shape index (κ2) is 6.07. The van der Waals surface area contributed by atoms with Crippen molar-refractivity contribution in [1.82, 2.24) is 10.4 Å². The lowest BCUT2D eigenvalue weighted by Gasteiger charge is -2.04. The second-order valence-electron chi connectivity index (χ2n) is 3.05. The maximum Gasteiger partial charge on any atom is 0.192 e. The summed E-state index contributed by atoms with van der Waals surface area (Å²) in [5.74, 6) is 0.691.